The maximum absolute atomic E-state index is 5.42. The maximum Gasteiger partial charge on any atom is 0.0963 e. The molecule has 3 aromatic carbocycles. The fraction of sp³-hybridized carbons (Fsp3) is 0.500. The third-order valence-electron chi connectivity index (χ3n) is 11.8. The average molecular weight is 619 g/mol. The van der Waals surface area contributed by atoms with E-state index < -0.39 is 0 Å². The molecule has 0 radical (unpaired) electrons. The molecule has 0 amide bonds. The Labute approximate surface area is 272 Å². The molecule has 5 aliphatic heterocycles. The van der Waals surface area contributed by atoms with Crippen molar-refractivity contribution in [1.82, 2.24) is 19.4 Å². The third-order valence-corrected chi connectivity index (χ3v) is 11.8. The second-order valence-electron chi connectivity index (χ2n) is 15.0. The molecule has 9 rings (SSSR count). The molecule has 0 saturated carbocycles. The molecule has 240 valence electrons. The number of anilines is 2. The Morgan fingerprint density at radius 3 is 2.11 bits per heavy atom. The number of aromatic nitrogens is 2. The zero-order valence-electron chi connectivity index (χ0n) is 27.3. The number of methoxy groups -OCH3 is 1. The first-order chi connectivity index (χ1) is 22.5. The summed E-state index contributed by atoms with van der Waals surface area (Å²) in [5, 5.41) is 0. The van der Waals surface area contributed by atoms with Crippen molar-refractivity contribution < 1.29 is 9.47 Å². The molecular formula is C38H46N6O2. The number of imidazole rings is 1. The summed E-state index contributed by atoms with van der Waals surface area (Å²) < 4.78 is 12.8. The van der Waals surface area contributed by atoms with E-state index in [1.807, 2.05) is 6.33 Å². The number of hydrogen-bond donors (Lipinski definition) is 0. The van der Waals surface area contributed by atoms with Crippen LogP contribution in [-0.2, 0) is 16.5 Å². The molecule has 0 bridgehead atoms. The van der Waals surface area contributed by atoms with E-state index in [0.29, 0.717) is 16.9 Å². The van der Waals surface area contributed by atoms with E-state index in [1.54, 1.807) is 7.11 Å². The molecule has 0 aliphatic carbocycles. The predicted molar refractivity (Wildman–Crippen MR) is 185 cm³/mol. The van der Waals surface area contributed by atoms with Gasteiger partial charge in [-0.3, -0.25) is 9.80 Å². The highest BCUT2D eigenvalue weighted by molar-refractivity contribution is 5.96. The first kappa shape index (κ1) is 28.8. The van der Waals surface area contributed by atoms with Gasteiger partial charge in [0.1, 0.15) is 0 Å². The van der Waals surface area contributed by atoms with E-state index >= 15 is 0 Å². The molecule has 4 aromatic rings. The summed E-state index contributed by atoms with van der Waals surface area (Å²) in [7, 11) is 3.88. The Morgan fingerprint density at radius 2 is 1.46 bits per heavy atom. The van der Waals surface area contributed by atoms with Gasteiger partial charge in [0.25, 0.3) is 0 Å². The summed E-state index contributed by atoms with van der Waals surface area (Å²) in [5.41, 5.74) is 10.8. The van der Waals surface area contributed by atoms with Crippen LogP contribution >= 0.6 is 0 Å². The molecular weight excluding hydrogens is 572 g/mol. The fourth-order valence-electron chi connectivity index (χ4n) is 8.82. The molecule has 6 heterocycles. The second-order valence-corrected chi connectivity index (χ2v) is 15.0. The lowest BCUT2D eigenvalue weighted by Crippen LogP contribution is -2.72. The largest absolute Gasteiger partial charge is 0.383 e. The summed E-state index contributed by atoms with van der Waals surface area (Å²) in [5.74, 6) is 0. The van der Waals surface area contributed by atoms with Crippen molar-refractivity contribution in [2.75, 3.05) is 95.6 Å². The van der Waals surface area contributed by atoms with Crippen molar-refractivity contribution in [3.63, 3.8) is 0 Å². The van der Waals surface area contributed by atoms with E-state index in [1.165, 1.54) is 72.6 Å². The van der Waals surface area contributed by atoms with Crippen LogP contribution in [0, 0.1) is 10.8 Å². The fourth-order valence-corrected chi connectivity index (χ4v) is 8.82. The Bertz CT molecular complexity index is 1700. The molecule has 1 aromatic heterocycles. The topological polar surface area (TPSA) is 49.2 Å². The van der Waals surface area contributed by atoms with Gasteiger partial charge < -0.3 is 23.8 Å². The van der Waals surface area contributed by atoms with Gasteiger partial charge in [-0.2, -0.15) is 0 Å². The van der Waals surface area contributed by atoms with Crippen molar-refractivity contribution in [3.8, 4) is 22.3 Å². The van der Waals surface area contributed by atoms with Gasteiger partial charge in [-0.1, -0.05) is 24.3 Å². The molecule has 8 nitrogen and oxygen atoms in total. The molecule has 2 spiro atoms. The van der Waals surface area contributed by atoms with Crippen LogP contribution in [0.15, 0.2) is 67.0 Å². The average Bonchev–Trinajstić information content (AvgIpc) is 3.38. The number of benzene rings is 3. The van der Waals surface area contributed by atoms with E-state index in [0.717, 1.165) is 63.6 Å². The summed E-state index contributed by atoms with van der Waals surface area (Å²) in [6, 6.07) is 23.7. The van der Waals surface area contributed by atoms with Crippen LogP contribution in [0.2, 0.25) is 0 Å². The maximum atomic E-state index is 5.42. The van der Waals surface area contributed by atoms with Gasteiger partial charge in [0.2, 0.25) is 0 Å². The lowest BCUT2D eigenvalue weighted by molar-refractivity contribution is -0.136. The van der Waals surface area contributed by atoms with Gasteiger partial charge in [-0.15, -0.1) is 0 Å². The van der Waals surface area contributed by atoms with E-state index in [2.05, 4.69) is 91.9 Å². The Hall–Kier alpha value is -3.43. The second kappa shape index (κ2) is 11.1. The minimum Gasteiger partial charge on any atom is -0.383 e. The highest BCUT2D eigenvalue weighted by atomic mass is 16.5. The van der Waals surface area contributed by atoms with E-state index in [9.17, 15) is 0 Å². The van der Waals surface area contributed by atoms with Crippen LogP contribution < -0.4 is 9.80 Å². The Kier molecular flexibility index (Phi) is 6.93. The Balaban J connectivity index is 0.884. The van der Waals surface area contributed by atoms with Gasteiger partial charge in [0, 0.05) is 95.4 Å². The quantitative estimate of drug-likeness (QED) is 0.276. The van der Waals surface area contributed by atoms with Gasteiger partial charge in [-0.25, -0.2) is 4.98 Å². The van der Waals surface area contributed by atoms with Crippen molar-refractivity contribution in [2.45, 2.75) is 18.9 Å². The predicted octanol–water partition coefficient (Wildman–Crippen LogP) is 4.98. The monoisotopic (exact) mass is 618 g/mol. The highest BCUT2D eigenvalue weighted by Gasteiger charge is 2.51. The number of fused-ring (bicyclic) bond motifs is 1. The molecule has 5 aliphatic rings. The molecule has 0 unspecified atom stereocenters. The van der Waals surface area contributed by atoms with Crippen molar-refractivity contribution >= 4 is 22.4 Å². The van der Waals surface area contributed by atoms with Crippen LogP contribution in [0.3, 0.4) is 0 Å². The van der Waals surface area contributed by atoms with Crippen molar-refractivity contribution in [2.24, 2.45) is 17.9 Å². The highest BCUT2D eigenvalue weighted by Crippen LogP contribution is 2.44. The lowest BCUT2D eigenvalue weighted by atomic mass is 9.71. The minimum atomic E-state index is 0.483. The van der Waals surface area contributed by atoms with Crippen LogP contribution in [0.4, 0.5) is 11.4 Å². The van der Waals surface area contributed by atoms with E-state index in [4.69, 9.17) is 14.5 Å². The van der Waals surface area contributed by atoms with Gasteiger partial charge in [0.05, 0.1) is 43.2 Å². The molecule has 46 heavy (non-hydrogen) atoms. The third kappa shape index (κ3) is 4.93. The number of aryl methyl sites for hydroxylation is 1. The lowest BCUT2D eigenvalue weighted by Gasteiger charge is -2.61. The van der Waals surface area contributed by atoms with Crippen molar-refractivity contribution in [3.05, 3.63) is 67.0 Å². The smallest absolute Gasteiger partial charge is 0.0963 e. The standard InChI is InChI=1S/C38H46N6O2/c1-40-27-39-36-34(29-5-9-32(10-6-29)43-25-38(26-43)21-41(22-38)15-16-45-2)17-30(18-35(36)40)28-3-7-31(8-4-28)42-13-11-37(12-14-42)23-44(24-37)33-19-46-20-33/h3-10,17-18,27,33H,11-16,19-26H2,1-2H3. The summed E-state index contributed by atoms with van der Waals surface area (Å²) >= 11 is 0. The molecule has 0 N–H and O–H groups in total. The number of likely N-dealkylation sites (tertiary alicyclic amines) is 2. The number of nitrogens with zero attached hydrogens (tertiary/aromatic N) is 6. The SMILES string of the molecule is COCCN1CC2(C1)CN(c1ccc(-c3cc(-c4ccc(N5CCC6(CC5)CN(C5COC5)C6)cc4)cc4c3ncn4C)cc1)C2. The first-order valence-electron chi connectivity index (χ1n) is 17.2. The van der Waals surface area contributed by atoms with Crippen LogP contribution in [-0.4, -0.2) is 111 Å². The zero-order valence-corrected chi connectivity index (χ0v) is 27.3. The molecule has 5 fully saturated rings. The minimum absolute atomic E-state index is 0.483. The zero-order chi connectivity index (χ0) is 30.9. The molecule has 5 saturated heterocycles. The van der Waals surface area contributed by atoms with Crippen molar-refractivity contribution in [1.29, 1.82) is 0 Å². The van der Waals surface area contributed by atoms with Crippen LogP contribution in [0.1, 0.15) is 12.8 Å². The Morgan fingerprint density at radius 1 is 0.783 bits per heavy atom. The molecule has 0 atom stereocenters. The number of piperidine rings is 1. The van der Waals surface area contributed by atoms with Gasteiger partial charge in [-0.05, 0) is 71.3 Å². The van der Waals surface area contributed by atoms with Gasteiger partial charge >= 0.3 is 0 Å². The first-order valence-corrected chi connectivity index (χ1v) is 17.2. The normalized spacial score (nSPS) is 22.6. The summed E-state index contributed by atoms with van der Waals surface area (Å²) in [4.78, 5) is 15.1. The number of hydrogen-bond acceptors (Lipinski definition) is 7. The van der Waals surface area contributed by atoms with Crippen LogP contribution in [0.5, 0.6) is 0 Å². The number of ether oxygens (including phenoxy) is 2. The van der Waals surface area contributed by atoms with Crippen LogP contribution in [0.25, 0.3) is 33.3 Å². The summed E-state index contributed by atoms with van der Waals surface area (Å²) in [6.07, 6.45) is 4.53. The summed E-state index contributed by atoms with van der Waals surface area (Å²) in [6.45, 7) is 13.3. The molecule has 8 heteroatoms. The number of rotatable bonds is 8. The van der Waals surface area contributed by atoms with Gasteiger partial charge in [0.15, 0.2) is 0 Å². The van der Waals surface area contributed by atoms with E-state index in [-0.39, 0.29) is 0 Å².